The van der Waals surface area contributed by atoms with Crippen LogP contribution in [0.3, 0.4) is 0 Å². The molecule has 20 heavy (non-hydrogen) atoms. The number of primary amides is 1. The standard InChI is InChI=1S/C12H17N3O4S/c1-2-15(7-8-4-3-5-20-8)12(19)14-9(11(17)18)6-10(13)16/h3-5,9H,2,6-7H2,1H3,(H2,13,16)(H,14,19)(H,17,18)/t9-/m0/s1. The van der Waals surface area contributed by atoms with Gasteiger partial charge in [-0.3, -0.25) is 4.79 Å². The van der Waals surface area contributed by atoms with Crippen LogP contribution in [0.4, 0.5) is 4.79 Å². The molecule has 1 heterocycles. The van der Waals surface area contributed by atoms with Crippen molar-refractivity contribution < 1.29 is 19.5 Å². The molecule has 0 aromatic carbocycles. The summed E-state index contributed by atoms with van der Waals surface area (Å²) in [6.45, 7) is 2.60. The van der Waals surface area contributed by atoms with Crippen molar-refractivity contribution in [3.05, 3.63) is 22.4 Å². The summed E-state index contributed by atoms with van der Waals surface area (Å²) >= 11 is 1.51. The van der Waals surface area contributed by atoms with Gasteiger partial charge in [-0.1, -0.05) is 6.07 Å². The fourth-order valence-electron chi connectivity index (χ4n) is 1.56. The number of amides is 3. The monoisotopic (exact) mass is 299 g/mol. The molecule has 1 aromatic rings. The molecule has 1 rings (SSSR count). The zero-order valence-electron chi connectivity index (χ0n) is 11.0. The third-order valence-corrected chi connectivity index (χ3v) is 3.46. The summed E-state index contributed by atoms with van der Waals surface area (Å²) in [5.74, 6) is -2.07. The Morgan fingerprint density at radius 1 is 1.50 bits per heavy atom. The number of nitrogens with two attached hydrogens (primary N) is 1. The van der Waals surface area contributed by atoms with Crippen molar-refractivity contribution in [1.82, 2.24) is 10.2 Å². The van der Waals surface area contributed by atoms with Gasteiger partial charge in [-0.2, -0.15) is 0 Å². The Labute approximate surface area is 120 Å². The Balaban J connectivity index is 2.65. The van der Waals surface area contributed by atoms with E-state index in [2.05, 4.69) is 5.32 Å². The van der Waals surface area contributed by atoms with Crippen LogP contribution in [0.2, 0.25) is 0 Å². The fourth-order valence-corrected chi connectivity index (χ4v) is 2.28. The van der Waals surface area contributed by atoms with Gasteiger partial charge in [-0.25, -0.2) is 9.59 Å². The van der Waals surface area contributed by atoms with Crippen molar-refractivity contribution in [2.75, 3.05) is 6.54 Å². The fraction of sp³-hybridized carbons (Fsp3) is 0.417. The molecule has 0 aliphatic carbocycles. The molecule has 0 saturated carbocycles. The van der Waals surface area contributed by atoms with Crippen LogP contribution in [-0.4, -0.2) is 40.5 Å². The number of hydrogen-bond donors (Lipinski definition) is 3. The number of carbonyl (C=O) groups is 3. The molecule has 8 heteroatoms. The smallest absolute Gasteiger partial charge is 0.326 e. The molecule has 0 saturated heterocycles. The lowest BCUT2D eigenvalue weighted by molar-refractivity contribution is -0.140. The number of nitrogens with one attached hydrogen (secondary N) is 1. The predicted octanol–water partition coefficient (Wildman–Crippen LogP) is 0.608. The molecule has 0 aliphatic heterocycles. The SMILES string of the molecule is CCN(Cc1cccs1)C(=O)N[C@@H](CC(N)=O)C(=O)O. The molecule has 7 nitrogen and oxygen atoms in total. The number of urea groups is 1. The first-order valence-corrected chi connectivity index (χ1v) is 6.91. The van der Waals surface area contributed by atoms with Gasteiger partial charge in [0.2, 0.25) is 5.91 Å². The lowest BCUT2D eigenvalue weighted by atomic mass is 10.2. The summed E-state index contributed by atoms with van der Waals surface area (Å²) in [6, 6.07) is 1.92. The molecule has 0 spiro atoms. The van der Waals surface area contributed by atoms with Crippen LogP contribution in [-0.2, 0) is 16.1 Å². The van der Waals surface area contributed by atoms with Gasteiger partial charge < -0.3 is 21.1 Å². The van der Waals surface area contributed by atoms with Gasteiger partial charge in [0.25, 0.3) is 0 Å². The van der Waals surface area contributed by atoms with Crippen molar-refractivity contribution in [2.45, 2.75) is 25.9 Å². The zero-order chi connectivity index (χ0) is 15.1. The van der Waals surface area contributed by atoms with Crippen molar-refractivity contribution in [3.8, 4) is 0 Å². The van der Waals surface area contributed by atoms with Crippen LogP contribution in [0.15, 0.2) is 17.5 Å². The van der Waals surface area contributed by atoms with Gasteiger partial charge in [0.05, 0.1) is 13.0 Å². The highest BCUT2D eigenvalue weighted by molar-refractivity contribution is 7.09. The molecule has 1 atom stereocenters. The zero-order valence-corrected chi connectivity index (χ0v) is 11.9. The van der Waals surface area contributed by atoms with E-state index < -0.39 is 30.4 Å². The molecular weight excluding hydrogens is 282 g/mol. The molecule has 0 radical (unpaired) electrons. The average molecular weight is 299 g/mol. The van der Waals surface area contributed by atoms with E-state index in [1.54, 1.807) is 6.92 Å². The number of hydrogen-bond acceptors (Lipinski definition) is 4. The molecule has 1 aromatic heterocycles. The van der Waals surface area contributed by atoms with Crippen LogP contribution in [0, 0.1) is 0 Å². The van der Waals surface area contributed by atoms with Crippen LogP contribution in [0.25, 0.3) is 0 Å². The second kappa shape index (κ2) is 7.49. The molecular formula is C12H17N3O4S. The predicted molar refractivity (Wildman–Crippen MR) is 74.2 cm³/mol. The number of thiophene rings is 1. The quantitative estimate of drug-likeness (QED) is 0.684. The van der Waals surface area contributed by atoms with E-state index in [0.717, 1.165) is 4.88 Å². The van der Waals surface area contributed by atoms with Crippen LogP contribution >= 0.6 is 11.3 Å². The van der Waals surface area contributed by atoms with E-state index >= 15 is 0 Å². The maximum absolute atomic E-state index is 12.0. The Bertz CT molecular complexity index is 475. The van der Waals surface area contributed by atoms with Crippen molar-refractivity contribution in [2.24, 2.45) is 5.73 Å². The third-order valence-electron chi connectivity index (χ3n) is 2.60. The number of carboxylic acid groups (broad SMARTS) is 1. The first-order chi connectivity index (χ1) is 9.43. The van der Waals surface area contributed by atoms with Gasteiger partial charge >= 0.3 is 12.0 Å². The Morgan fingerprint density at radius 2 is 2.20 bits per heavy atom. The summed E-state index contributed by atoms with van der Waals surface area (Å²) < 4.78 is 0. The Kier molecular flexibility index (Phi) is 5.98. The van der Waals surface area contributed by atoms with Gasteiger partial charge in [0.1, 0.15) is 6.04 Å². The highest BCUT2D eigenvalue weighted by Crippen LogP contribution is 2.12. The Hall–Kier alpha value is -2.09. The van der Waals surface area contributed by atoms with E-state index in [9.17, 15) is 14.4 Å². The lowest BCUT2D eigenvalue weighted by Crippen LogP contribution is -2.49. The van der Waals surface area contributed by atoms with Crippen molar-refractivity contribution in [3.63, 3.8) is 0 Å². The minimum absolute atomic E-state index is 0.392. The van der Waals surface area contributed by atoms with Gasteiger partial charge in [-0.15, -0.1) is 11.3 Å². The number of carboxylic acids is 1. The second-order valence-corrected chi connectivity index (χ2v) is 5.14. The second-order valence-electron chi connectivity index (χ2n) is 4.10. The summed E-state index contributed by atoms with van der Waals surface area (Å²) in [6.07, 6.45) is -0.433. The van der Waals surface area contributed by atoms with E-state index in [1.807, 2.05) is 17.5 Å². The van der Waals surface area contributed by atoms with E-state index in [0.29, 0.717) is 13.1 Å². The van der Waals surface area contributed by atoms with E-state index in [1.165, 1.54) is 16.2 Å². The number of carbonyl (C=O) groups excluding carboxylic acids is 2. The lowest BCUT2D eigenvalue weighted by Gasteiger charge is -2.23. The number of nitrogens with zero attached hydrogens (tertiary/aromatic N) is 1. The molecule has 0 unspecified atom stereocenters. The van der Waals surface area contributed by atoms with E-state index in [4.69, 9.17) is 10.8 Å². The number of rotatable bonds is 7. The van der Waals surface area contributed by atoms with Gasteiger partial charge in [-0.05, 0) is 18.4 Å². The summed E-state index contributed by atoms with van der Waals surface area (Å²) in [7, 11) is 0. The molecule has 0 bridgehead atoms. The normalized spacial score (nSPS) is 11.7. The number of aliphatic carboxylic acids is 1. The molecule has 4 N–H and O–H groups in total. The summed E-state index contributed by atoms with van der Waals surface area (Å²) in [4.78, 5) is 36.2. The highest BCUT2D eigenvalue weighted by atomic mass is 32.1. The van der Waals surface area contributed by atoms with Crippen LogP contribution < -0.4 is 11.1 Å². The first-order valence-electron chi connectivity index (χ1n) is 6.03. The van der Waals surface area contributed by atoms with Gasteiger partial charge in [0.15, 0.2) is 0 Å². The highest BCUT2D eigenvalue weighted by Gasteiger charge is 2.24. The van der Waals surface area contributed by atoms with Crippen molar-refractivity contribution >= 4 is 29.2 Å². The first kappa shape index (κ1) is 16.0. The van der Waals surface area contributed by atoms with Crippen LogP contribution in [0.1, 0.15) is 18.2 Å². The molecule has 3 amide bonds. The largest absolute Gasteiger partial charge is 0.480 e. The van der Waals surface area contributed by atoms with E-state index in [-0.39, 0.29) is 0 Å². The summed E-state index contributed by atoms with van der Waals surface area (Å²) in [5, 5.41) is 13.1. The van der Waals surface area contributed by atoms with Gasteiger partial charge in [0, 0.05) is 11.4 Å². The summed E-state index contributed by atoms with van der Waals surface area (Å²) in [5.41, 5.74) is 4.96. The van der Waals surface area contributed by atoms with Crippen molar-refractivity contribution in [1.29, 1.82) is 0 Å². The topological polar surface area (TPSA) is 113 Å². The molecule has 110 valence electrons. The molecule has 0 aliphatic rings. The molecule has 0 fully saturated rings. The maximum atomic E-state index is 12.0. The minimum Gasteiger partial charge on any atom is -0.480 e. The minimum atomic E-state index is -1.31. The maximum Gasteiger partial charge on any atom is 0.326 e. The van der Waals surface area contributed by atoms with Crippen LogP contribution in [0.5, 0.6) is 0 Å². The Morgan fingerprint density at radius 3 is 2.65 bits per heavy atom. The average Bonchev–Trinajstić information content (AvgIpc) is 2.87. The third kappa shape index (κ3) is 4.88.